The number of hydrogen-bond donors (Lipinski definition) is 1. The van der Waals surface area contributed by atoms with E-state index in [0.29, 0.717) is 34.8 Å². The third-order valence-corrected chi connectivity index (χ3v) is 8.97. The van der Waals surface area contributed by atoms with E-state index >= 15 is 0 Å². The Bertz CT molecular complexity index is 2140. The molecule has 1 aliphatic rings. The van der Waals surface area contributed by atoms with E-state index < -0.39 is 23.7 Å². The Hall–Kier alpha value is -5.04. The molecule has 0 bridgehead atoms. The summed E-state index contributed by atoms with van der Waals surface area (Å²) in [5.74, 6) is 0.0310. The lowest BCUT2D eigenvalue weighted by molar-refractivity contribution is -0.138. The van der Waals surface area contributed by atoms with Crippen molar-refractivity contribution in [1.29, 1.82) is 0 Å². The topological polar surface area (TPSA) is 101 Å². The van der Waals surface area contributed by atoms with Crippen molar-refractivity contribution in [2.45, 2.75) is 38.5 Å². The minimum absolute atomic E-state index is 0.00375. The molecule has 4 heterocycles. The summed E-state index contributed by atoms with van der Waals surface area (Å²) in [6.45, 7) is 1.78. The van der Waals surface area contributed by atoms with Crippen LogP contribution < -0.4 is 5.56 Å². The molecule has 232 valence electrons. The van der Waals surface area contributed by atoms with Gasteiger partial charge in [-0.25, -0.2) is 4.52 Å². The van der Waals surface area contributed by atoms with Crippen molar-refractivity contribution in [2.75, 3.05) is 0 Å². The van der Waals surface area contributed by atoms with Crippen molar-refractivity contribution < 1.29 is 18.0 Å². The quantitative estimate of drug-likeness (QED) is 0.232. The smallest absolute Gasteiger partial charge is 0.330 e. The van der Waals surface area contributed by atoms with Gasteiger partial charge in [-0.1, -0.05) is 46.3 Å². The molecule has 3 aromatic carbocycles. The number of nitrogens with zero attached hydrogens (tertiary/aromatic N) is 6. The van der Waals surface area contributed by atoms with Crippen LogP contribution >= 0.6 is 15.9 Å². The summed E-state index contributed by atoms with van der Waals surface area (Å²) in [5, 5.41) is 12.6. The predicted octanol–water partition coefficient (Wildman–Crippen LogP) is 6.23. The number of H-pyrrole nitrogens is 1. The SMILES string of the molecule is C[C@@H]1Cc2c(n3ncc(Cc4ccccc4)c3n(-c3ccc(-c4nnc[nH]4)cc3)c2=O)CN1C(=O)c1ccc(Br)c(C(F)(F)F)c1. The van der Waals surface area contributed by atoms with Gasteiger partial charge >= 0.3 is 6.18 Å². The molecular formula is C33H25BrF3N7O2. The summed E-state index contributed by atoms with van der Waals surface area (Å²) in [6, 6.07) is 20.1. The number of aromatic nitrogens is 6. The van der Waals surface area contributed by atoms with Crippen LogP contribution in [0, 0.1) is 0 Å². The highest BCUT2D eigenvalue weighted by Gasteiger charge is 2.36. The van der Waals surface area contributed by atoms with E-state index in [4.69, 9.17) is 5.10 Å². The number of aromatic amines is 1. The van der Waals surface area contributed by atoms with Gasteiger partial charge in [-0.2, -0.15) is 18.3 Å². The van der Waals surface area contributed by atoms with Crippen molar-refractivity contribution in [2.24, 2.45) is 0 Å². The van der Waals surface area contributed by atoms with E-state index in [9.17, 15) is 22.8 Å². The van der Waals surface area contributed by atoms with Crippen molar-refractivity contribution in [3.05, 3.63) is 134 Å². The van der Waals surface area contributed by atoms with Crippen LogP contribution in [-0.4, -0.2) is 46.2 Å². The highest BCUT2D eigenvalue weighted by atomic mass is 79.9. The van der Waals surface area contributed by atoms with Crippen LogP contribution in [0.1, 0.15) is 45.2 Å². The van der Waals surface area contributed by atoms with Crippen LogP contribution in [0.15, 0.2) is 94.6 Å². The van der Waals surface area contributed by atoms with Crippen molar-refractivity contribution in [1.82, 2.24) is 34.3 Å². The molecule has 3 aromatic heterocycles. The van der Waals surface area contributed by atoms with Crippen molar-refractivity contribution in [3.63, 3.8) is 0 Å². The van der Waals surface area contributed by atoms with Gasteiger partial charge in [0.2, 0.25) is 0 Å². The van der Waals surface area contributed by atoms with Gasteiger partial charge in [0.05, 0.1) is 29.7 Å². The van der Waals surface area contributed by atoms with E-state index in [1.165, 1.54) is 23.4 Å². The van der Waals surface area contributed by atoms with Gasteiger partial charge in [0.1, 0.15) is 12.0 Å². The number of amides is 1. The average molecular weight is 689 g/mol. The number of halogens is 4. The normalized spacial score (nSPS) is 14.9. The zero-order valence-corrected chi connectivity index (χ0v) is 25.9. The molecule has 46 heavy (non-hydrogen) atoms. The molecular weight excluding hydrogens is 663 g/mol. The number of alkyl halides is 3. The summed E-state index contributed by atoms with van der Waals surface area (Å²) in [7, 11) is 0. The second-order valence-corrected chi connectivity index (χ2v) is 12.1. The Kier molecular flexibility index (Phi) is 7.35. The maximum atomic E-state index is 14.4. The summed E-state index contributed by atoms with van der Waals surface area (Å²) in [5.41, 5.74) is 3.53. The lowest BCUT2D eigenvalue weighted by atomic mass is 9.97. The molecule has 13 heteroatoms. The first-order valence-electron chi connectivity index (χ1n) is 14.4. The van der Waals surface area contributed by atoms with Crippen molar-refractivity contribution in [3.8, 4) is 17.1 Å². The van der Waals surface area contributed by atoms with E-state index in [-0.39, 0.29) is 28.6 Å². The van der Waals surface area contributed by atoms with Crippen LogP contribution in [0.5, 0.6) is 0 Å². The van der Waals surface area contributed by atoms with Gasteiger partial charge in [0.25, 0.3) is 11.5 Å². The lowest BCUT2D eigenvalue weighted by Gasteiger charge is -2.35. The highest BCUT2D eigenvalue weighted by molar-refractivity contribution is 9.10. The minimum atomic E-state index is -4.64. The van der Waals surface area contributed by atoms with Crippen LogP contribution in [0.25, 0.3) is 22.7 Å². The maximum absolute atomic E-state index is 14.4. The van der Waals surface area contributed by atoms with Gasteiger partial charge in [0, 0.05) is 39.2 Å². The molecule has 0 saturated carbocycles. The van der Waals surface area contributed by atoms with Crippen LogP contribution in [0.3, 0.4) is 0 Å². The van der Waals surface area contributed by atoms with Crippen LogP contribution in [0.4, 0.5) is 13.2 Å². The number of carbonyl (C=O) groups is 1. The number of nitrogens with one attached hydrogen (secondary N) is 1. The fraction of sp³-hybridized carbons (Fsp3) is 0.182. The van der Waals surface area contributed by atoms with E-state index in [1.807, 2.05) is 54.6 Å². The average Bonchev–Trinajstić information content (AvgIpc) is 3.73. The molecule has 0 saturated heterocycles. The van der Waals surface area contributed by atoms with Gasteiger partial charge in [-0.3, -0.25) is 14.2 Å². The zero-order valence-electron chi connectivity index (χ0n) is 24.3. The molecule has 0 unspecified atom stereocenters. The number of rotatable bonds is 5. The first-order valence-corrected chi connectivity index (χ1v) is 15.2. The van der Waals surface area contributed by atoms with E-state index in [2.05, 4.69) is 31.1 Å². The second-order valence-electron chi connectivity index (χ2n) is 11.2. The Labute approximate surface area is 268 Å². The minimum Gasteiger partial charge on any atom is -0.330 e. The van der Waals surface area contributed by atoms with Gasteiger partial charge in [-0.05, 0) is 61.4 Å². The fourth-order valence-electron chi connectivity index (χ4n) is 5.99. The molecule has 1 N–H and O–H groups in total. The predicted molar refractivity (Wildman–Crippen MR) is 168 cm³/mol. The first-order chi connectivity index (χ1) is 22.1. The summed E-state index contributed by atoms with van der Waals surface area (Å²) in [6.07, 6.45) is -0.733. The van der Waals surface area contributed by atoms with Crippen LogP contribution in [0.2, 0.25) is 0 Å². The van der Waals surface area contributed by atoms with E-state index in [1.54, 1.807) is 22.2 Å². The fourth-order valence-corrected chi connectivity index (χ4v) is 6.46. The summed E-state index contributed by atoms with van der Waals surface area (Å²) in [4.78, 5) is 32.6. The van der Waals surface area contributed by atoms with Gasteiger partial charge < -0.3 is 9.88 Å². The molecule has 1 atom stereocenters. The Morgan fingerprint density at radius 3 is 2.52 bits per heavy atom. The molecule has 6 aromatic rings. The monoisotopic (exact) mass is 687 g/mol. The van der Waals surface area contributed by atoms with Crippen LogP contribution in [-0.2, 0) is 25.6 Å². The molecule has 0 aliphatic carbocycles. The molecule has 1 amide bonds. The Balaban J connectivity index is 1.35. The maximum Gasteiger partial charge on any atom is 0.417 e. The molecule has 0 fully saturated rings. The number of hydrogen-bond acceptors (Lipinski definition) is 5. The molecule has 7 rings (SSSR count). The molecule has 9 nitrogen and oxygen atoms in total. The van der Waals surface area contributed by atoms with Crippen molar-refractivity contribution >= 4 is 27.5 Å². The lowest BCUT2D eigenvalue weighted by Crippen LogP contribution is -2.46. The second kappa shape index (κ2) is 11.4. The molecule has 0 radical (unpaired) electrons. The standard InChI is InChI=1S/C33H25BrF3N7O2/c1-19-13-25-28(17-42(19)31(45)22-9-12-27(34)26(15-22)33(35,36)37)44-30(23(16-40-44)14-20-5-3-2-4-6-20)43(32(25)46)24-10-7-21(8-11-24)29-38-18-39-41-29/h2-12,15-16,18-19H,13-14,17H2,1H3,(H,38,39,41)/t19-/m1/s1. The van der Waals surface area contributed by atoms with E-state index in [0.717, 1.165) is 22.8 Å². The highest BCUT2D eigenvalue weighted by Crippen LogP contribution is 2.36. The third-order valence-electron chi connectivity index (χ3n) is 8.28. The zero-order chi connectivity index (χ0) is 32.2. The number of benzene rings is 3. The first kappa shape index (κ1) is 29.7. The molecule has 0 spiro atoms. The number of carbonyl (C=O) groups excluding carboxylic acids is 1. The third kappa shape index (κ3) is 5.19. The van der Waals surface area contributed by atoms with Gasteiger partial charge in [0.15, 0.2) is 5.82 Å². The Morgan fingerprint density at radius 2 is 1.83 bits per heavy atom. The Morgan fingerprint density at radius 1 is 1.07 bits per heavy atom. The van der Waals surface area contributed by atoms with Gasteiger partial charge in [-0.15, -0.1) is 10.2 Å². The largest absolute Gasteiger partial charge is 0.417 e. The number of fused-ring (bicyclic) bond motifs is 3. The summed E-state index contributed by atoms with van der Waals surface area (Å²) >= 11 is 2.94. The molecule has 1 aliphatic heterocycles. The summed E-state index contributed by atoms with van der Waals surface area (Å²) < 4.78 is 44.1.